The van der Waals surface area contributed by atoms with Crippen LogP contribution in [0.5, 0.6) is 5.75 Å². The van der Waals surface area contributed by atoms with Crippen molar-refractivity contribution in [2.24, 2.45) is 4.99 Å². The second kappa shape index (κ2) is 14.5. The van der Waals surface area contributed by atoms with Crippen LogP contribution < -0.4 is 15.4 Å². The van der Waals surface area contributed by atoms with Gasteiger partial charge in [-0.15, -0.1) is 24.0 Å². The van der Waals surface area contributed by atoms with Gasteiger partial charge in [0.15, 0.2) is 5.96 Å². The molecule has 3 rings (SSSR count). The standard InChI is InChI=1S/C25H32N4O3.HI/c1-4-31-15-5-14-26-25(27-16-20-8-12-23(30-3)13-9-20)28-17-22-18-32-24(29-22)21-10-6-19(2)7-11-21;/h6-13,18H,4-5,14-17H2,1-3H3,(H2,26,27,28);1H. The van der Waals surface area contributed by atoms with Crippen LogP contribution in [-0.4, -0.2) is 37.8 Å². The van der Waals surface area contributed by atoms with E-state index in [4.69, 9.17) is 18.9 Å². The molecule has 0 spiro atoms. The number of aliphatic imine (C=N–C) groups is 1. The third kappa shape index (κ3) is 9.05. The van der Waals surface area contributed by atoms with Crippen molar-refractivity contribution in [1.82, 2.24) is 15.6 Å². The Morgan fingerprint density at radius 3 is 2.52 bits per heavy atom. The summed E-state index contributed by atoms with van der Waals surface area (Å²) in [4.78, 5) is 9.31. The van der Waals surface area contributed by atoms with Gasteiger partial charge in [-0.3, -0.25) is 0 Å². The number of aryl methyl sites for hydroxylation is 1. The lowest BCUT2D eigenvalue weighted by Crippen LogP contribution is -2.38. The van der Waals surface area contributed by atoms with Crippen LogP contribution in [-0.2, 0) is 17.8 Å². The zero-order valence-electron chi connectivity index (χ0n) is 19.5. The number of benzene rings is 2. The molecule has 0 atom stereocenters. The minimum Gasteiger partial charge on any atom is -0.497 e. The van der Waals surface area contributed by atoms with Crippen LogP contribution in [0.15, 0.2) is 64.2 Å². The molecule has 0 aliphatic rings. The molecule has 1 heterocycles. The van der Waals surface area contributed by atoms with E-state index in [1.807, 2.05) is 55.5 Å². The van der Waals surface area contributed by atoms with Crippen molar-refractivity contribution in [2.45, 2.75) is 33.4 Å². The maximum absolute atomic E-state index is 5.66. The molecule has 0 saturated heterocycles. The van der Waals surface area contributed by atoms with E-state index in [0.29, 0.717) is 19.0 Å². The molecule has 0 amide bonds. The highest BCUT2D eigenvalue weighted by molar-refractivity contribution is 14.0. The Hall–Kier alpha value is -2.59. The SMILES string of the molecule is CCOCCCNC(=NCc1ccc(OC)cc1)NCc1coc(-c2ccc(C)cc2)n1.I. The second-order valence-electron chi connectivity index (χ2n) is 7.35. The molecule has 0 saturated carbocycles. The van der Waals surface area contributed by atoms with E-state index in [1.54, 1.807) is 13.4 Å². The monoisotopic (exact) mass is 564 g/mol. The maximum atomic E-state index is 5.66. The Labute approximate surface area is 213 Å². The van der Waals surface area contributed by atoms with Crippen LogP contribution in [0.3, 0.4) is 0 Å². The Morgan fingerprint density at radius 2 is 1.82 bits per heavy atom. The number of guanidine groups is 1. The van der Waals surface area contributed by atoms with Gasteiger partial charge < -0.3 is 24.5 Å². The highest BCUT2D eigenvalue weighted by Gasteiger charge is 2.08. The number of rotatable bonds is 11. The van der Waals surface area contributed by atoms with Gasteiger partial charge in [-0.1, -0.05) is 29.8 Å². The predicted octanol–water partition coefficient (Wildman–Crippen LogP) is 4.94. The van der Waals surface area contributed by atoms with Crippen LogP contribution in [0, 0.1) is 6.92 Å². The molecule has 0 unspecified atom stereocenters. The van der Waals surface area contributed by atoms with Gasteiger partial charge >= 0.3 is 0 Å². The minimum atomic E-state index is 0. The summed E-state index contributed by atoms with van der Waals surface area (Å²) < 4.78 is 16.3. The summed E-state index contributed by atoms with van der Waals surface area (Å²) in [5.74, 6) is 2.17. The lowest BCUT2D eigenvalue weighted by Gasteiger charge is -2.12. The van der Waals surface area contributed by atoms with E-state index in [1.165, 1.54) is 5.56 Å². The van der Waals surface area contributed by atoms with Gasteiger partial charge in [-0.2, -0.15) is 0 Å². The van der Waals surface area contributed by atoms with E-state index >= 15 is 0 Å². The number of hydrogen-bond donors (Lipinski definition) is 2. The van der Waals surface area contributed by atoms with E-state index in [2.05, 4.69) is 22.5 Å². The quantitative estimate of drug-likeness (QED) is 0.149. The van der Waals surface area contributed by atoms with Crippen LogP contribution >= 0.6 is 24.0 Å². The Balaban J connectivity index is 0.00000385. The number of nitrogens with one attached hydrogen (secondary N) is 2. The normalized spacial score (nSPS) is 11.1. The number of nitrogens with zero attached hydrogens (tertiary/aromatic N) is 2. The molecule has 1 aromatic heterocycles. The molecule has 7 nitrogen and oxygen atoms in total. The molecule has 2 N–H and O–H groups in total. The first-order chi connectivity index (χ1) is 15.7. The average Bonchev–Trinajstić information content (AvgIpc) is 3.30. The number of aromatic nitrogens is 1. The minimum absolute atomic E-state index is 0. The summed E-state index contributed by atoms with van der Waals surface area (Å²) in [6.07, 6.45) is 2.58. The molecular weight excluding hydrogens is 531 g/mol. The fraction of sp³-hybridized carbons (Fsp3) is 0.360. The van der Waals surface area contributed by atoms with Crippen LogP contribution in [0.25, 0.3) is 11.5 Å². The number of ether oxygens (including phenoxy) is 2. The number of hydrogen-bond acceptors (Lipinski definition) is 5. The smallest absolute Gasteiger partial charge is 0.226 e. The van der Waals surface area contributed by atoms with Crippen molar-refractivity contribution >= 4 is 29.9 Å². The van der Waals surface area contributed by atoms with Gasteiger partial charge in [0.1, 0.15) is 12.0 Å². The summed E-state index contributed by atoms with van der Waals surface area (Å²) in [5.41, 5.74) is 4.08. The van der Waals surface area contributed by atoms with Gasteiger partial charge in [0.05, 0.1) is 25.9 Å². The third-order valence-electron chi connectivity index (χ3n) is 4.83. The topological polar surface area (TPSA) is 80.9 Å². The van der Waals surface area contributed by atoms with Gasteiger partial charge in [0.2, 0.25) is 5.89 Å². The zero-order valence-corrected chi connectivity index (χ0v) is 21.8. The molecule has 0 aliphatic heterocycles. The number of halogens is 1. The van der Waals surface area contributed by atoms with Crippen molar-refractivity contribution in [3.05, 3.63) is 71.6 Å². The maximum Gasteiger partial charge on any atom is 0.226 e. The highest BCUT2D eigenvalue weighted by Crippen LogP contribution is 2.19. The van der Waals surface area contributed by atoms with Gasteiger partial charge in [-0.25, -0.2) is 9.98 Å². The predicted molar refractivity (Wildman–Crippen MR) is 142 cm³/mol. The van der Waals surface area contributed by atoms with Crippen LogP contribution in [0.2, 0.25) is 0 Å². The van der Waals surface area contributed by atoms with Crippen molar-refractivity contribution in [2.75, 3.05) is 26.9 Å². The van der Waals surface area contributed by atoms with Gasteiger partial charge in [0, 0.05) is 25.3 Å². The lowest BCUT2D eigenvalue weighted by molar-refractivity contribution is 0.145. The molecule has 33 heavy (non-hydrogen) atoms. The molecular formula is C25H33IN4O3. The molecule has 178 valence electrons. The van der Waals surface area contributed by atoms with Crippen molar-refractivity contribution < 1.29 is 13.9 Å². The zero-order chi connectivity index (χ0) is 22.6. The average molecular weight is 564 g/mol. The van der Waals surface area contributed by atoms with Crippen molar-refractivity contribution in [1.29, 1.82) is 0 Å². The summed E-state index contributed by atoms with van der Waals surface area (Å²) in [6.45, 7) is 7.34. The first-order valence-electron chi connectivity index (χ1n) is 10.9. The molecule has 0 bridgehead atoms. The summed E-state index contributed by atoms with van der Waals surface area (Å²) in [7, 11) is 1.66. The fourth-order valence-electron chi connectivity index (χ4n) is 2.99. The molecule has 0 fully saturated rings. The van der Waals surface area contributed by atoms with E-state index in [0.717, 1.165) is 54.7 Å². The third-order valence-corrected chi connectivity index (χ3v) is 4.83. The molecule has 8 heteroatoms. The first kappa shape index (κ1) is 26.7. The summed E-state index contributed by atoms with van der Waals surface area (Å²) in [5, 5.41) is 6.71. The summed E-state index contributed by atoms with van der Waals surface area (Å²) >= 11 is 0. The van der Waals surface area contributed by atoms with E-state index < -0.39 is 0 Å². The summed E-state index contributed by atoms with van der Waals surface area (Å²) in [6, 6.07) is 16.0. The van der Waals surface area contributed by atoms with Gasteiger partial charge in [-0.05, 0) is 50.1 Å². The number of methoxy groups -OCH3 is 1. The lowest BCUT2D eigenvalue weighted by atomic mass is 10.1. The number of oxazole rings is 1. The van der Waals surface area contributed by atoms with Crippen LogP contribution in [0.1, 0.15) is 30.2 Å². The Morgan fingerprint density at radius 1 is 1.06 bits per heavy atom. The highest BCUT2D eigenvalue weighted by atomic mass is 127. The van der Waals surface area contributed by atoms with E-state index in [9.17, 15) is 0 Å². The Kier molecular flexibility index (Phi) is 11.7. The largest absolute Gasteiger partial charge is 0.497 e. The Bertz CT molecular complexity index is 972. The molecule has 0 aliphatic carbocycles. The fourth-order valence-corrected chi connectivity index (χ4v) is 2.99. The van der Waals surface area contributed by atoms with Gasteiger partial charge in [0.25, 0.3) is 0 Å². The second-order valence-corrected chi connectivity index (χ2v) is 7.35. The van der Waals surface area contributed by atoms with Crippen LogP contribution in [0.4, 0.5) is 0 Å². The molecule has 2 aromatic carbocycles. The molecule has 3 aromatic rings. The van der Waals surface area contributed by atoms with E-state index in [-0.39, 0.29) is 24.0 Å². The molecule has 0 radical (unpaired) electrons. The van der Waals surface area contributed by atoms with Crippen molar-refractivity contribution in [3.8, 4) is 17.2 Å². The van der Waals surface area contributed by atoms with Crippen molar-refractivity contribution in [3.63, 3.8) is 0 Å². The first-order valence-corrected chi connectivity index (χ1v) is 10.9.